The van der Waals surface area contributed by atoms with Crippen molar-refractivity contribution in [1.29, 1.82) is 0 Å². The number of carboxylic acids is 1. The third-order valence-corrected chi connectivity index (χ3v) is 4.34. The average molecular weight is 424 g/mol. The minimum absolute atomic E-state index is 0.228. The fraction of sp³-hybridized carbons (Fsp3) is 0.182. The van der Waals surface area contributed by atoms with E-state index in [1.807, 2.05) is 6.92 Å². The molecule has 2 aromatic rings. The Bertz CT molecular complexity index is 1060. The van der Waals surface area contributed by atoms with E-state index in [0.717, 1.165) is 4.90 Å². The van der Waals surface area contributed by atoms with Crippen molar-refractivity contribution in [3.8, 4) is 11.5 Å². The van der Waals surface area contributed by atoms with Gasteiger partial charge < -0.3 is 14.6 Å². The highest BCUT2D eigenvalue weighted by Gasteiger charge is 2.36. The Morgan fingerprint density at radius 3 is 2.48 bits per heavy atom. The number of nitrogens with one attached hydrogen (secondary N) is 1. The van der Waals surface area contributed by atoms with Crippen LogP contribution < -0.4 is 19.7 Å². The predicted octanol–water partition coefficient (Wildman–Crippen LogP) is 2.60. The zero-order chi connectivity index (χ0) is 22.5. The first kappa shape index (κ1) is 21.6. The quantitative estimate of drug-likeness (QED) is 0.517. The van der Waals surface area contributed by atoms with Crippen molar-refractivity contribution in [1.82, 2.24) is 5.32 Å². The molecule has 2 aromatic carbocycles. The fourth-order valence-corrected chi connectivity index (χ4v) is 2.83. The third-order valence-electron chi connectivity index (χ3n) is 4.34. The SMILES string of the molecule is CCOc1cccc(N2C(=O)NC(=O)/C(=C/c3ccc(O[C@H](C)C(=O)O)cc3)C2=O)c1. The molecule has 1 atom stereocenters. The number of amides is 4. The highest BCUT2D eigenvalue weighted by Crippen LogP contribution is 2.26. The van der Waals surface area contributed by atoms with Gasteiger partial charge in [-0.15, -0.1) is 0 Å². The summed E-state index contributed by atoms with van der Waals surface area (Å²) < 4.78 is 10.7. The van der Waals surface area contributed by atoms with Gasteiger partial charge in [0.25, 0.3) is 11.8 Å². The van der Waals surface area contributed by atoms with Gasteiger partial charge in [-0.05, 0) is 49.8 Å². The van der Waals surface area contributed by atoms with Crippen molar-refractivity contribution in [2.75, 3.05) is 11.5 Å². The molecule has 31 heavy (non-hydrogen) atoms. The molecule has 9 nitrogen and oxygen atoms in total. The molecule has 9 heteroatoms. The molecule has 1 fully saturated rings. The van der Waals surface area contributed by atoms with Crippen LogP contribution in [0.25, 0.3) is 6.08 Å². The summed E-state index contributed by atoms with van der Waals surface area (Å²) in [7, 11) is 0. The smallest absolute Gasteiger partial charge is 0.344 e. The maximum atomic E-state index is 13.0. The first-order valence-corrected chi connectivity index (χ1v) is 9.44. The fourth-order valence-electron chi connectivity index (χ4n) is 2.83. The van der Waals surface area contributed by atoms with E-state index in [2.05, 4.69) is 5.32 Å². The van der Waals surface area contributed by atoms with Crippen LogP contribution in [-0.2, 0) is 14.4 Å². The average Bonchev–Trinajstić information content (AvgIpc) is 2.72. The molecule has 2 N–H and O–H groups in total. The minimum atomic E-state index is -1.10. The molecule has 1 heterocycles. The van der Waals surface area contributed by atoms with E-state index in [1.165, 1.54) is 31.2 Å². The van der Waals surface area contributed by atoms with Crippen LogP contribution in [0.15, 0.2) is 54.1 Å². The zero-order valence-corrected chi connectivity index (χ0v) is 16.8. The largest absolute Gasteiger partial charge is 0.494 e. The summed E-state index contributed by atoms with van der Waals surface area (Å²) in [6.45, 7) is 3.62. The Balaban J connectivity index is 1.87. The van der Waals surface area contributed by atoms with E-state index in [1.54, 1.807) is 30.3 Å². The zero-order valence-electron chi connectivity index (χ0n) is 16.8. The van der Waals surface area contributed by atoms with Crippen molar-refractivity contribution in [2.24, 2.45) is 0 Å². The predicted molar refractivity (Wildman–Crippen MR) is 111 cm³/mol. The Kier molecular flexibility index (Phi) is 6.35. The lowest BCUT2D eigenvalue weighted by atomic mass is 10.1. The molecule has 0 aliphatic carbocycles. The van der Waals surface area contributed by atoms with Gasteiger partial charge >= 0.3 is 12.0 Å². The molecule has 160 valence electrons. The second-order valence-corrected chi connectivity index (χ2v) is 6.56. The molecule has 0 spiro atoms. The Morgan fingerprint density at radius 1 is 1.13 bits per heavy atom. The van der Waals surface area contributed by atoms with Crippen molar-refractivity contribution < 1.29 is 33.8 Å². The molecule has 1 aliphatic heterocycles. The number of ether oxygens (including phenoxy) is 2. The first-order chi connectivity index (χ1) is 14.8. The molecule has 0 radical (unpaired) electrons. The van der Waals surface area contributed by atoms with Crippen molar-refractivity contribution in [3.63, 3.8) is 0 Å². The van der Waals surface area contributed by atoms with Gasteiger partial charge in [0, 0.05) is 6.07 Å². The van der Waals surface area contributed by atoms with Crippen molar-refractivity contribution >= 4 is 35.6 Å². The number of barbiturate groups is 1. The topological polar surface area (TPSA) is 122 Å². The second-order valence-electron chi connectivity index (χ2n) is 6.56. The number of benzene rings is 2. The van der Waals surface area contributed by atoms with E-state index >= 15 is 0 Å². The molecule has 1 saturated heterocycles. The number of rotatable bonds is 7. The molecular weight excluding hydrogens is 404 g/mol. The van der Waals surface area contributed by atoms with Crippen LogP contribution in [0.4, 0.5) is 10.5 Å². The number of nitrogens with zero attached hydrogens (tertiary/aromatic N) is 1. The summed E-state index contributed by atoms with van der Waals surface area (Å²) in [5.41, 5.74) is 0.526. The first-order valence-electron chi connectivity index (χ1n) is 9.44. The number of aliphatic carboxylic acids is 1. The summed E-state index contributed by atoms with van der Waals surface area (Å²) in [5, 5.41) is 11.1. The summed E-state index contributed by atoms with van der Waals surface area (Å²) >= 11 is 0. The Labute approximate surface area is 177 Å². The number of imide groups is 2. The number of carboxylic acid groups (broad SMARTS) is 1. The number of carbonyl (C=O) groups is 4. The second kappa shape index (κ2) is 9.12. The maximum Gasteiger partial charge on any atom is 0.344 e. The van der Waals surface area contributed by atoms with E-state index in [-0.39, 0.29) is 11.3 Å². The van der Waals surface area contributed by atoms with E-state index in [0.29, 0.717) is 23.7 Å². The van der Waals surface area contributed by atoms with Gasteiger partial charge in [0.1, 0.15) is 17.1 Å². The molecular formula is C22H20N2O7. The molecule has 0 unspecified atom stereocenters. The van der Waals surface area contributed by atoms with Crippen LogP contribution in [0.1, 0.15) is 19.4 Å². The summed E-state index contributed by atoms with van der Waals surface area (Å²) in [6, 6.07) is 11.7. The minimum Gasteiger partial charge on any atom is -0.494 e. The van der Waals surface area contributed by atoms with Crippen LogP contribution in [0, 0.1) is 0 Å². The van der Waals surface area contributed by atoms with Gasteiger partial charge in [-0.25, -0.2) is 14.5 Å². The standard InChI is InChI=1S/C22H20N2O7/c1-3-30-17-6-4-5-15(12-17)24-20(26)18(19(25)23-22(24)29)11-14-7-9-16(10-8-14)31-13(2)21(27)28/h4-13H,3H2,1-2H3,(H,27,28)(H,23,25,29)/b18-11-/t13-/m1/s1. The number of carbonyl (C=O) groups excluding carboxylic acids is 3. The maximum absolute atomic E-state index is 13.0. The molecule has 3 rings (SSSR count). The van der Waals surface area contributed by atoms with Crippen molar-refractivity contribution in [3.05, 3.63) is 59.7 Å². The number of hydrogen-bond acceptors (Lipinski definition) is 6. The van der Waals surface area contributed by atoms with E-state index in [4.69, 9.17) is 14.6 Å². The van der Waals surface area contributed by atoms with Gasteiger partial charge in [-0.2, -0.15) is 0 Å². The lowest BCUT2D eigenvalue weighted by Crippen LogP contribution is -2.54. The van der Waals surface area contributed by atoms with Crippen LogP contribution in [-0.4, -0.2) is 41.6 Å². The number of hydrogen-bond donors (Lipinski definition) is 2. The molecule has 0 saturated carbocycles. The van der Waals surface area contributed by atoms with Gasteiger partial charge in [0.15, 0.2) is 6.10 Å². The lowest BCUT2D eigenvalue weighted by Gasteiger charge is -2.26. The number of anilines is 1. The highest BCUT2D eigenvalue weighted by molar-refractivity contribution is 6.39. The van der Waals surface area contributed by atoms with Crippen LogP contribution in [0.2, 0.25) is 0 Å². The summed E-state index contributed by atoms with van der Waals surface area (Å²) in [4.78, 5) is 49.3. The Hall–Kier alpha value is -4.14. The summed E-state index contributed by atoms with van der Waals surface area (Å²) in [5.74, 6) is -1.89. The van der Waals surface area contributed by atoms with E-state index in [9.17, 15) is 19.2 Å². The van der Waals surface area contributed by atoms with Crippen LogP contribution >= 0.6 is 0 Å². The van der Waals surface area contributed by atoms with Crippen LogP contribution in [0.3, 0.4) is 0 Å². The summed E-state index contributed by atoms with van der Waals surface area (Å²) in [6.07, 6.45) is 0.315. The van der Waals surface area contributed by atoms with Gasteiger partial charge in [0.2, 0.25) is 0 Å². The number of urea groups is 1. The van der Waals surface area contributed by atoms with Gasteiger partial charge in [-0.1, -0.05) is 18.2 Å². The third kappa shape index (κ3) is 4.89. The molecule has 4 amide bonds. The Morgan fingerprint density at radius 2 is 1.84 bits per heavy atom. The normalized spacial score (nSPS) is 16.1. The van der Waals surface area contributed by atoms with Crippen molar-refractivity contribution in [2.45, 2.75) is 20.0 Å². The van der Waals surface area contributed by atoms with Crippen LogP contribution in [0.5, 0.6) is 11.5 Å². The van der Waals surface area contributed by atoms with Gasteiger partial charge in [-0.3, -0.25) is 14.9 Å². The molecule has 0 bridgehead atoms. The lowest BCUT2D eigenvalue weighted by molar-refractivity contribution is -0.144. The monoisotopic (exact) mass is 424 g/mol. The molecule has 0 aromatic heterocycles. The van der Waals surface area contributed by atoms with Gasteiger partial charge in [0.05, 0.1) is 12.3 Å². The van der Waals surface area contributed by atoms with E-state index < -0.39 is 29.9 Å². The molecule has 1 aliphatic rings. The highest BCUT2D eigenvalue weighted by atomic mass is 16.5.